The molecule has 7 N–H and O–H groups in total. The highest BCUT2D eigenvalue weighted by Gasteiger charge is 2.69. The molecule has 0 saturated carbocycles. The average molecular weight is 899 g/mol. The minimum Gasteiger partial charge on any atom is -1.00 e. The van der Waals surface area contributed by atoms with Gasteiger partial charge in [0.1, 0.15) is 55.0 Å². The molecule has 6 aliphatic heterocycles. The number of rotatable bonds is 0. The first-order valence-electron chi connectivity index (χ1n) is 23.2. The number of nitrogens with one attached hydrogen (secondary N) is 1. The molecule has 3 spiro atoms. The van der Waals surface area contributed by atoms with E-state index >= 15 is 0 Å². The van der Waals surface area contributed by atoms with Gasteiger partial charge in [0.2, 0.25) is 0 Å². The third-order valence-corrected chi connectivity index (χ3v) is 18.4. The number of hydrogen-bond donors (Lipinski definition) is 7. The van der Waals surface area contributed by atoms with Gasteiger partial charge in [-0.05, 0) is 87.1 Å². The van der Waals surface area contributed by atoms with E-state index in [-0.39, 0.29) is 79.3 Å². The quantitative estimate of drug-likeness (QED) is 0.129. The summed E-state index contributed by atoms with van der Waals surface area (Å²) in [5.74, 6) is 3.58. The maximum atomic E-state index is 10.9. The number of nitrogens with zero attached hydrogens (tertiary/aromatic N) is 2. The van der Waals surface area contributed by atoms with Crippen LogP contribution >= 0.6 is 0 Å². The molecule has 13 heteroatoms. The summed E-state index contributed by atoms with van der Waals surface area (Å²) < 4.78 is 18.5. The summed E-state index contributed by atoms with van der Waals surface area (Å²) in [5, 5.41) is 66.2. The number of aliphatic hydroxyl groups is 3. The number of hydroxylamine groups is 3. The lowest BCUT2D eigenvalue weighted by atomic mass is 9.53. The Bertz CT molecular complexity index is 2600. The van der Waals surface area contributed by atoms with Gasteiger partial charge in [0, 0.05) is 74.5 Å². The van der Waals surface area contributed by atoms with E-state index in [1.807, 2.05) is 37.4 Å². The van der Waals surface area contributed by atoms with Crippen LogP contribution in [0.15, 0.2) is 72.9 Å². The van der Waals surface area contributed by atoms with Crippen LogP contribution in [-0.2, 0) is 35.5 Å². The largest absolute Gasteiger partial charge is 1.00 e. The maximum absolute atomic E-state index is 10.9. The molecule has 6 bridgehead atoms. The number of aryl methyl sites for hydroxylation is 1. The van der Waals surface area contributed by atoms with Crippen LogP contribution in [0.5, 0.6) is 28.7 Å². The molecule has 0 aromatic heterocycles. The Morgan fingerprint density at radius 1 is 0.656 bits per heavy atom. The topological polar surface area (TPSA) is 164 Å². The van der Waals surface area contributed by atoms with Gasteiger partial charge in [-0.3, -0.25) is 0 Å². The van der Waals surface area contributed by atoms with Gasteiger partial charge in [-0.2, -0.15) is 4.65 Å². The number of aromatic hydroxyl groups is 2. The van der Waals surface area contributed by atoms with Gasteiger partial charge in [0.25, 0.3) is 0 Å². The van der Waals surface area contributed by atoms with Gasteiger partial charge in [-0.1, -0.05) is 60.7 Å². The predicted octanol–water partition coefficient (Wildman–Crippen LogP) is 1.50. The van der Waals surface area contributed by atoms with Crippen molar-refractivity contribution in [3.8, 4) is 28.7 Å². The van der Waals surface area contributed by atoms with Crippen LogP contribution in [0.25, 0.3) is 0 Å². The smallest absolute Gasteiger partial charge is 0.165 e. The fourth-order valence-corrected chi connectivity index (χ4v) is 15.8. The van der Waals surface area contributed by atoms with Crippen LogP contribution in [0.3, 0.4) is 0 Å². The molecule has 3 saturated heterocycles. The second-order valence-electron chi connectivity index (χ2n) is 21.1. The van der Waals surface area contributed by atoms with E-state index in [4.69, 9.17) is 14.2 Å². The van der Waals surface area contributed by atoms with Crippen molar-refractivity contribution in [2.45, 2.75) is 116 Å². The van der Waals surface area contributed by atoms with Crippen LogP contribution in [-0.4, -0.2) is 129 Å². The van der Waals surface area contributed by atoms with Crippen LogP contribution < -0.4 is 31.9 Å². The lowest BCUT2D eigenvalue weighted by molar-refractivity contribution is -1.11. The number of phenolic OH excluding ortho intramolecular Hbond substituents is 2. The summed E-state index contributed by atoms with van der Waals surface area (Å²) in [6.45, 7) is 4.75. The van der Waals surface area contributed by atoms with Crippen molar-refractivity contribution in [1.29, 1.82) is 0 Å². The van der Waals surface area contributed by atoms with E-state index in [1.54, 1.807) is 12.1 Å². The van der Waals surface area contributed by atoms with Crippen molar-refractivity contribution < 1.29 is 66.3 Å². The zero-order chi connectivity index (χ0) is 43.1. The average Bonchev–Trinajstić information content (AvgIpc) is 3.94. The van der Waals surface area contributed by atoms with Gasteiger partial charge < -0.3 is 62.4 Å². The van der Waals surface area contributed by atoms with Gasteiger partial charge >= 0.3 is 0 Å². The molecule has 6 heterocycles. The highest BCUT2D eigenvalue weighted by Crippen LogP contribution is 2.65. The van der Waals surface area contributed by atoms with E-state index in [9.17, 15) is 30.7 Å². The fraction of sp³-hybridized carbons (Fsp3) is 0.529. The molecular formula is C51H64ClN3O9. The standard InChI is InChI=1S/C18H22NO3.C17H19NO3.C16H17NO3.ClH.3H2/c1-10-3-4-11-9-13-12-5-6-14(20)17-18(12,7-8-19(13,2)21)15(11)16(10)22-17;1-18-7-6-17-10-3-5-13(20)16(17)21-15-12(19)4-2-9(14(15)17)8-11(10)18;18-11-3-1-8-7-10-9-2-4-12(19)15-16(9,5-6-17-10)13(8)14(11)20-15;;;;/h3-6,12-14,17,20-21H,7-9H2,1-2H3;2-5,10-11,13,16,19-20H,6-8H2,1H3;1-4,9-10,12,15,17-19H,5-7H2;4*1H/q+1;;;;;;/p-1/t12?,13?,14-,17-,18-,19+;10?,11?,13-,16-,17-;9?,10?,12-,15-,16-;;;;/m000..../s1. The number of quaternary nitrogens is 1. The zero-order valence-electron chi connectivity index (χ0n) is 36.4. The molecule has 3 aromatic rings. The van der Waals surface area contributed by atoms with Crippen molar-refractivity contribution in [1.82, 2.24) is 10.2 Å². The Labute approximate surface area is 383 Å². The number of phenols is 2. The molecule has 6 aliphatic carbocycles. The summed E-state index contributed by atoms with van der Waals surface area (Å²) >= 11 is 0. The first-order chi connectivity index (χ1) is 30.3. The lowest BCUT2D eigenvalue weighted by Gasteiger charge is -2.56. The number of ether oxygens (including phenoxy) is 3. The van der Waals surface area contributed by atoms with Crippen LogP contribution in [0.2, 0.25) is 0 Å². The summed E-state index contributed by atoms with van der Waals surface area (Å²) in [4.78, 5) is 2.43. The molecule has 344 valence electrons. The monoisotopic (exact) mass is 897 g/mol. The highest BCUT2D eigenvalue weighted by molar-refractivity contribution is 5.63. The number of benzene rings is 3. The molecule has 0 amide bonds. The molecule has 15 rings (SSSR count). The molecule has 64 heavy (non-hydrogen) atoms. The normalized spacial score (nSPS) is 43.6. The number of hydrogen-bond acceptors (Lipinski definition) is 11. The fourth-order valence-electron chi connectivity index (χ4n) is 15.8. The third-order valence-electron chi connectivity index (χ3n) is 18.4. The lowest BCUT2D eigenvalue weighted by Crippen LogP contribution is -3.00. The second-order valence-corrected chi connectivity index (χ2v) is 21.1. The van der Waals surface area contributed by atoms with Gasteiger partial charge in [0.15, 0.2) is 23.0 Å². The molecule has 0 radical (unpaired) electrons. The van der Waals surface area contributed by atoms with Crippen molar-refractivity contribution in [3.05, 3.63) is 112 Å². The van der Waals surface area contributed by atoms with Crippen molar-refractivity contribution in [3.63, 3.8) is 0 Å². The number of aliphatic hydroxyl groups excluding tert-OH is 3. The summed E-state index contributed by atoms with van der Waals surface area (Å²) in [6.07, 6.45) is 15.2. The van der Waals surface area contributed by atoms with Crippen LogP contribution in [0.1, 0.15) is 62.5 Å². The van der Waals surface area contributed by atoms with Gasteiger partial charge in [-0.15, -0.1) is 0 Å². The molecular weight excluding hydrogens is 834 g/mol. The molecule has 6 unspecified atom stereocenters. The van der Waals surface area contributed by atoms with Crippen LogP contribution in [0, 0.1) is 24.7 Å². The van der Waals surface area contributed by atoms with Crippen molar-refractivity contribution in [2.75, 3.05) is 33.7 Å². The van der Waals surface area contributed by atoms with E-state index in [0.29, 0.717) is 42.0 Å². The predicted molar refractivity (Wildman–Crippen MR) is 238 cm³/mol. The Morgan fingerprint density at radius 3 is 1.83 bits per heavy atom. The van der Waals surface area contributed by atoms with Crippen LogP contribution in [0.4, 0.5) is 0 Å². The number of piperidine rings is 3. The van der Waals surface area contributed by atoms with E-state index in [2.05, 4.69) is 54.5 Å². The SMILES string of the molecule is CN1CC[C@]23c4c5ccc(O)c4O[C@H]2[C@@H](O)C=CC3C1C5.Cc1ccc2c3c1O[C@H]1[C@@H](O)C=CC4C(C2)[N@+](C)(O)CC[C@@]341.Oc1ccc2c3c1O[C@H]1[C@@H](O)C=CC4C(C2)NCC[C@@]341.[Cl-].[HH].[HH].[HH]. The van der Waals surface area contributed by atoms with Crippen molar-refractivity contribution >= 4 is 0 Å². The van der Waals surface area contributed by atoms with E-state index in [0.717, 1.165) is 68.5 Å². The first-order valence-corrected chi connectivity index (χ1v) is 23.2. The Balaban J connectivity index is 0.000000122. The number of likely N-dealkylation sites (tertiary alicyclic amines) is 2. The molecule has 3 fully saturated rings. The Hall–Kier alpha value is -4.11. The second kappa shape index (κ2) is 13.7. The Morgan fingerprint density at radius 2 is 1.17 bits per heavy atom. The van der Waals surface area contributed by atoms with E-state index in [1.165, 1.54) is 27.8 Å². The molecule has 12 nitrogen and oxygen atoms in total. The summed E-state index contributed by atoms with van der Waals surface area (Å²) in [7, 11) is 4.11. The molecule has 16 atom stereocenters. The highest BCUT2D eigenvalue weighted by atomic mass is 35.5. The number of likely N-dealkylation sites (N-methyl/N-ethyl adjacent to an activating group) is 2. The Kier molecular flexibility index (Phi) is 8.87. The van der Waals surface area contributed by atoms with E-state index < -0.39 is 18.3 Å². The van der Waals surface area contributed by atoms with Gasteiger partial charge in [-0.25, -0.2) is 5.21 Å². The third kappa shape index (κ3) is 4.98. The summed E-state index contributed by atoms with van der Waals surface area (Å²) in [6, 6.07) is 12.8. The molecule has 3 aromatic carbocycles. The minimum absolute atomic E-state index is 0. The zero-order valence-corrected chi connectivity index (χ0v) is 37.2. The first kappa shape index (κ1) is 41.3. The maximum Gasteiger partial charge on any atom is 0.165 e. The molecule has 12 aliphatic rings. The van der Waals surface area contributed by atoms with Crippen molar-refractivity contribution in [2.24, 2.45) is 17.8 Å². The van der Waals surface area contributed by atoms with Gasteiger partial charge in [0.05, 0.1) is 12.5 Å². The minimum atomic E-state index is -0.595. The number of halogens is 1. The summed E-state index contributed by atoms with van der Waals surface area (Å²) in [5.41, 5.74) is 8.16.